The predicted molar refractivity (Wildman–Crippen MR) is 78.3 cm³/mol. The molecule has 21 heavy (non-hydrogen) atoms. The Morgan fingerprint density at radius 1 is 1.38 bits per heavy atom. The minimum absolute atomic E-state index is 0.225. The van der Waals surface area contributed by atoms with Crippen LogP contribution in [0.3, 0.4) is 0 Å². The lowest BCUT2D eigenvalue weighted by atomic mass is 10.3. The van der Waals surface area contributed by atoms with Gasteiger partial charge in [-0.1, -0.05) is 6.92 Å². The van der Waals surface area contributed by atoms with Crippen LogP contribution in [-0.2, 0) is 20.9 Å². The van der Waals surface area contributed by atoms with Gasteiger partial charge in [0.2, 0.25) is 0 Å². The van der Waals surface area contributed by atoms with Gasteiger partial charge in [-0.2, -0.15) is 5.10 Å². The number of hydrogen-bond donors (Lipinski definition) is 0. The second-order valence-corrected chi connectivity index (χ2v) is 4.65. The molecule has 0 aliphatic heterocycles. The van der Waals surface area contributed by atoms with Gasteiger partial charge in [0.05, 0.1) is 18.5 Å². The summed E-state index contributed by atoms with van der Waals surface area (Å²) in [6, 6.07) is 1.43. The molecule has 0 aliphatic rings. The molecule has 116 valence electrons. The standard InChI is InChI=1S/C14H21N3O4/c1-4-6-16(3)11-7-13(19)17(15-9-11)10-12(18)8-14(20)21-5-2/h7,9H,4-6,8,10H2,1-3H3. The number of ether oxygens (including phenoxy) is 1. The van der Waals surface area contributed by atoms with Crippen molar-refractivity contribution < 1.29 is 14.3 Å². The van der Waals surface area contributed by atoms with Gasteiger partial charge in [0.15, 0.2) is 5.78 Å². The van der Waals surface area contributed by atoms with Gasteiger partial charge in [-0.15, -0.1) is 0 Å². The molecule has 0 aliphatic carbocycles. The third-order valence-corrected chi connectivity index (χ3v) is 2.83. The van der Waals surface area contributed by atoms with Crippen LogP contribution < -0.4 is 10.5 Å². The van der Waals surface area contributed by atoms with E-state index in [9.17, 15) is 14.4 Å². The zero-order valence-corrected chi connectivity index (χ0v) is 12.7. The molecule has 0 N–H and O–H groups in total. The first-order chi connectivity index (χ1) is 9.97. The SMILES string of the molecule is CCCN(C)c1cnn(CC(=O)CC(=O)OCC)c(=O)c1. The van der Waals surface area contributed by atoms with Gasteiger partial charge in [0.1, 0.15) is 13.0 Å². The topological polar surface area (TPSA) is 81.5 Å². The van der Waals surface area contributed by atoms with Crippen molar-refractivity contribution in [2.75, 3.05) is 25.1 Å². The average molecular weight is 295 g/mol. The highest BCUT2D eigenvalue weighted by Crippen LogP contribution is 2.07. The first kappa shape index (κ1) is 16.9. The number of ketones is 1. The summed E-state index contributed by atoms with van der Waals surface area (Å²) in [6.45, 7) is 4.52. The number of carbonyl (C=O) groups excluding carboxylic acids is 2. The number of hydrogen-bond acceptors (Lipinski definition) is 6. The molecule has 0 radical (unpaired) electrons. The first-order valence-corrected chi connectivity index (χ1v) is 6.93. The molecular weight excluding hydrogens is 274 g/mol. The monoisotopic (exact) mass is 295 g/mol. The Labute approximate surface area is 123 Å². The zero-order valence-electron chi connectivity index (χ0n) is 12.7. The van der Waals surface area contributed by atoms with Crippen LogP contribution in [0.1, 0.15) is 26.7 Å². The molecule has 0 bridgehead atoms. The van der Waals surface area contributed by atoms with Gasteiger partial charge in [0.25, 0.3) is 5.56 Å². The molecule has 0 fully saturated rings. The lowest BCUT2D eigenvalue weighted by Gasteiger charge is -2.17. The molecular formula is C14H21N3O4. The van der Waals surface area contributed by atoms with E-state index >= 15 is 0 Å². The van der Waals surface area contributed by atoms with Crippen molar-refractivity contribution in [2.24, 2.45) is 0 Å². The van der Waals surface area contributed by atoms with E-state index in [1.807, 2.05) is 18.9 Å². The molecule has 1 heterocycles. The molecule has 0 spiro atoms. The Morgan fingerprint density at radius 3 is 2.67 bits per heavy atom. The molecule has 0 amide bonds. The van der Waals surface area contributed by atoms with Crippen molar-refractivity contribution in [1.82, 2.24) is 9.78 Å². The van der Waals surface area contributed by atoms with Crippen LogP contribution in [0, 0.1) is 0 Å². The zero-order chi connectivity index (χ0) is 15.8. The van der Waals surface area contributed by atoms with E-state index in [0.717, 1.165) is 17.6 Å². The van der Waals surface area contributed by atoms with E-state index in [1.165, 1.54) is 12.3 Å². The van der Waals surface area contributed by atoms with E-state index in [4.69, 9.17) is 0 Å². The van der Waals surface area contributed by atoms with E-state index in [1.54, 1.807) is 6.92 Å². The summed E-state index contributed by atoms with van der Waals surface area (Å²) in [6.07, 6.45) is 2.14. The van der Waals surface area contributed by atoms with Crippen molar-refractivity contribution >= 4 is 17.4 Å². The Morgan fingerprint density at radius 2 is 2.10 bits per heavy atom. The second kappa shape index (κ2) is 8.18. The fourth-order valence-electron chi connectivity index (χ4n) is 1.81. The quantitative estimate of drug-likeness (QED) is 0.516. The molecule has 0 saturated heterocycles. The van der Waals surface area contributed by atoms with Crippen LogP contribution in [0.2, 0.25) is 0 Å². The number of aromatic nitrogens is 2. The molecule has 1 rings (SSSR count). The Kier molecular flexibility index (Phi) is 6.58. The maximum atomic E-state index is 11.9. The molecule has 0 atom stereocenters. The Balaban J connectivity index is 2.70. The minimum atomic E-state index is -0.588. The molecule has 0 aromatic carbocycles. The van der Waals surface area contributed by atoms with E-state index in [0.29, 0.717) is 5.69 Å². The minimum Gasteiger partial charge on any atom is -0.466 e. The summed E-state index contributed by atoms with van der Waals surface area (Å²) in [7, 11) is 1.87. The van der Waals surface area contributed by atoms with Gasteiger partial charge in [0, 0.05) is 19.7 Å². The van der Waals surface area contributed by atoms with E-state index < -0.39 is 11.8 Å². The maximum Gasteiger partial charge on any atom is 0.313 e. The average Bonchev–Trinajstić information content (AvgIpc) is 2.41. The van der Waals surface area contributed by atoms with Crippen molar-refractivity contribution in [1.29, 1.82) is 0 Å². The summed E-state index contributed by atoms with van der Waals surface area (Å²) in [5, 5.41) is 3.96. The first-order valence-electron chi connectivity index (χ1n) is 6.93. The van der Waals surface area contributed by atoms with Crippen LogP contribution in [-0.4, -0.2) is 41.7 Å². The largest absolute Gasteiger partial charge is 0.466 e. The second-order valence-electron chi connectivity index (χ2n) is 4.65. The van der Waals surface area contributed by atoms with Crippen molar-refractivity contribution in [3.8, 4) is 0 Å². The number of nitrogens with zero attached hydrogens (tertiary/aromatic N) is 3. The van der Waals surface area contributed by atoms with Gasteiger partial charge >= 0.3 is 5.97 Å². The fraction of sp³-hybridized carbons (Fsp3) is 0.571. The van der Waals surface area contributed by atoms with Gasteiger partial charge in [-0.3, -0.25) is 14.4 Å². The number of rotatable bonds is 8. The van der Waals surface area contributed by atoms with Crippen LogP contribution in [0.15, 0.2) is 17.1 Å². The van der Waals surface area contributed by atoms with Crippen LogP contribution in [0.4, 0.5) is 5.69 Å². The molecule has 1 aromatic rings. The highest BCUT2D eigenvalue weighted by atomic mass is 16.5. The summed E-state index contributed by atoms with van der Waals surface area (Å²) in [5.74, 6) is -0.993. The van der Waals surface area contributed by atoms with Crippen LogP contribution in [0.5, 0.6) is 0 Å². The smallest absolute Gasteiger partial charge is 0.313 e. The predicted octanol–water partition coefficient (Wildman–Crippen LogP) is 0.612. The highest BCUT2D eigenvalue weighted by Gasteiger charge is 2.13. The van der Waals surface area contributed by atoms with Gasteiger partial charge in [-0.05, 0) is 13.3 Å². The third-order valence-electron chi connectivity index (χ3n) is 2.83. The number of Topliss-reactive ketones (excluding diaryl/α,β-unsaturated/α-hetero) is 1. The Hall–Kier alpha value is -2.18. The normalized spacial score (nSPS) is 10.2. The van der Waals surface area contributed by atoms with Gasteiger partial charge < -0.3 is 9.64 Å². The summed E-state index contributed by atoms with van der Waals surface area (Å²) < 4.78 is 5.73. The molecule has 1 aromatic heterocycles. The van der Waals surface area contributed by atoms with Gasteiger partial charge in [-0.25, -0.2) is 4.68 Å². The molecule has 0 saturated carbocycles. The van der Waals surface area contributed by atoms with Crippen molar-refractivity contribution in [2.45, 2.75) is 33.2 Å². The number of esters is 1. The van der Waals surface area contributed by atoms with Crippen molar-refractivity contribution in [3.05, 3.63) is 22.6 Å². The van der Waals surface area contributed by atoms with E-state index in [2.05, 4.69) is 9.84 Å². The van der Waals surface area contributed by atoms with Crippen LogP contribution in [0.25, 0.3) is 0 Å². The Bertz CT molecular complexity index is 553. The number of carbonyl (C=O) groups is 2. The molecule has 7 heteroatoms. The lowest BCUT2D eigenvalue weighted by Crippen LogP contribution is -2.29. The maximum absolute atomic E-state index is 11.9. The van der Waals surface area contributed by atoms with Crippen molar-refractivity contribution in [3.63, 3.8) is 0 Å². The summed E-state index contributed by atoms with van der Waals surface area (Å²) in [4.78, 5) is 36.7. The summed E-state index contributed by atoms with van der Waals surface area (Å²) >= 11 is 0. The molecule has 0 unspecified atom stereocenters. The van der Waals surface area contributed by atoms with Crippen LogP contribution >= 0.6 is 0 Å². The van der Waals surface area contributed by atoms with E-state index in [-0.39, 0.29) is 25.1 Å². The lowest BCUT2D eigenvalue weighted by molar-refractivity contribution is -0.145. The molecule has 7 nitrogen and oxygen atoms in total. The summed E-state index contributed by atoms with van der Waals surface area (Å²) in [5.41, 5.74) is 0.337. The number of anilines is 1. The third kappa shape index (κ3) is 5.37. The highest BCUT2D eigenvalue weighted by molar-refractivity contribution is 5.95. The fourth-order valence-corrected chi connectivity index (χ4v) is 1.81.